The first kappa shape index (κ1) is 32.6. The Morgan fingerprint density at radius 2 is 1.34 bits per heavy atom. The fourth-order valence-electron chi connectivity index (χ4n) is 2.87. The molecule has 0 fully saturated rings. The molecule has 0 aliphatic carbocycles. The molecular weight excluding hydrogens is 504 g/mol. The fraction of sp³-hybridized carbons (Fsp3) is 0.600. The standard InChI is InChI=1S/C25H38N2O11/c1-25(2,3)38-24(33)27-10-6-12-35-14-16-36-15-13-34-11-5-9-26-20(28)17-37-19-8-4-7-18(22(29)30)21(19)23(31)32/h4,7-8H,5-6,9-17H2,1-3H3,(H,26,28)(H,27,33)(H,29,30)(H,31,32). The number of alkyl carbamates (subject to hydrolysis) is 1. The molecule has 214 valence electrons. The average molecular weight is 543 g/mol. The van der Waals surface area contributed by atoms with Crippen molar-refractivity contribution in [3.8, 4) is 5.75 Å². The molecule has 38 heavy (non-hydrogen) atoms. The summed E-state index contributed by atoms with van der Waals surface area (Å²) in [5.41, 5.74) is -1.46. The topological polar surface area (TPSA) is 179 Å². The van der Waals surface area contributed by atoms with Gasteiger partial charge in [-0.25, -0.2) is 14.4 Å². The zero-order valence-corrected chi connectivity index (χ0v) is 22.1. The molecule has 4 N–H and O–H groups in total. The molecule has 0 unspecified atom stereocenters. The molecule has 1 rings (SSSR count). The Morgan fingerprint density at radius 3 is 1.87 bits per heavy atom. The Balaban J connectivity index is 1.99. The highest BCUT2D eigenvalue weighted by molar-refractivity contribution is 6.03. The molecule has 13 nitrogen and oxygen atoms in total. The monoisotopic (exact) mass is 542 g/mol. The van der Waals surface area contributed by atoms with E-state index in [-0.39, 0.29) is 5.75 Å². The van der Waals surface area contributed by atoms with Crippen LogP contribution in [0.25, 0.3) is 0 Å². The first-order valence-electron chi connectivity index (χ1n) is 12.2. The normalized spacial score (nSPS) is 11.0. The third-order valence-electron chi connectivity index (χ3n) is 4.49. The third-order valence-corrected chi connectivity index (χ3v) is 4.49. The summed E-state index contributed by atoms with van der Waals surface area (Å²) in [5, 5.41) is 23.6. The van der Waals surface area contributed by atoms with Crippen LogP contribution in [0.15, 0.2) is 18.2 Å². The molecule has 0 radical (unpaired) electrons. The minimum absolute atomic E-state index is 0.198. The summed E-state index contributed by atoms with van der Waals surface area (Å²) >= 11 is 0. The van der Waals surface area contributed by atoms with Gasteiger partial charge in [-0.15, -0.1) is 0 Å². The van der Waals surface area contributed by atoms with Crippen LogP contribution < -0.4 is 15.4 Å². The van der Waals surface area contributed by atoms with Gasteiger partial charge in [0, 0.05) is 26.3 Å². The Morgan fingerprint density at radius 1 is 0.789 bits per heavy atom. The quantitative estimate of drug-likeness (QED) is 0.188. The van der Waals surface area contributed by atoms with Crippen LogP contribution in [-0.2, 0) is 23.7 Å². The summed E-state index contributed by atoms with van der Waals surface area (Å²) in [6, 6.07) is 3.78. The van der Waals surface area contributed by atoms with Gasteiger partial charge in [0.2, 0.25) is 0 Å². The maximum Gasteiger partial charge on any atom is 0.407 e. The number of hydrogen-bond donors (Lipinski definition) is 4. The summed E-state index contributed by atoms with van der Waals surface area (Å²) in [4.78, 5) is 46.0. The molecule has 0 heterocycles. The molecular formula is C25H38N2O11. The number of amides is 2. The van der Waals surface area contributed by atoms with Gasteiger partial charge < -0.3 is 44.5 Å². The molecule has 0 aliphatic heterocycles. The molecule has 0 aliphatic rings. The van der Waals surface area contributed by atoms with Crippen molar-refractivity contribution in [2.75, 3.05) is 59.3 Å². The SMILES string of the molecule is CC(C)(C)OC(=O)NCCCOCCOCCOCCCNC(=O)COc1cccc(C(=O)O)c1C(=O)O. The number of benzene rings is 1. The van der Waals surface area contributed by atoms with Crippen molar-refractivity contribution in [3.05, 3.63) is 29.3 Å². The number of ether oxygens (including phenoxy) is 5. The number of aromatic carboxylic acids is 2. The maximum absolute atomic E-state index is 11.9. The predicted molar refractivity (Wildman–Crippen MR) is 135 cm³/mol. The number of carbonyl (C=O) groups is 4. The molecule has 0 bridgehead atoms. The largest absolute Gasteiger partial charge is 0.483 e. The minimum atomic E-state index is -1.46. The number of nitrogens with one attached hydrogen (secondary N) is 2. The van der Waals surface area contributed by atoms with E-state index in [9.17, 15) is 24.3 Å². The highest BCUT2D eigenvalue weighted by Crippen LogP contribution is 2.22. The van der Waals surface area contributed by atoms with Gasteiger partial charge in [-0.05, 0) is 45.7 Å². The summed E-state index contributed by atoms with van der Waals surface area (Å²) < 4.78 is 26.6. The highest BCUT2D eigenvalue weighted by atomic mass is 16.6. The van der Waals surface area contributed by atoms with Gasteiger partial charge in [0.15, 0.2) is 6.61 Å². The van der Waals surface area contributed by atoms with Crippen LogP contribution in [0.1, 0.15) is 54.3 Å². The third kappa shape index (κ3) is 15.0. The molecule has 2 amide bonds. The Labute approximate surface area is 221 Å². The van der Waals surface area contributed by atoms with Gasteiger partial charge in [0.25, 0.3) is 5.91 Å². The van der Waals surface area contributed by atoms with E-state index < -0.39 is 47.3 Å². The summed E-state index contributed by atoms with van der Waals surface area (Å²) in [6.45, 7) is 8.23. The second-order valence-electron chi connectivity index (χ2n) is 8.90. The van der Waals surface area contributed by atoms with Gasteiger partial charge in [-0.3, -0.25) is 4.79 Å². The molecule has 0 atom stereocenters. The number of rotatable bonds is 19. The van der Waals surface area contributed by atoms with E-state index in [4.69, 9.17) is 28.8 Å². The van der Waals surface area contributed by atoms with E-state index >= 15 is 0 Å². The van der Waals surface area contributed by atoms with Gasteiger partial charge in [0.05, 0.1) is 32.0 Å². The lowest BCUT2D eigenvalue weighted by Gasteiger charge is -2.19. The van der Waals surface area contributed by atoms with Crippen molar-refractivity contribution in [3.63, 3.8) is 0 Å². The first-order chi connectivity index (χ1) is 18.0. The lowest BCUT2D eigenvalue weighted by Crippen LogP contribution is -2.33. The Kier molecular flexibility index (Phi) is 15.4. The van der Waals surface area contributed by atoms with Gasteiger partial charge in [-0.2, -0.15) is 0 Å². The van der Waals surface area contributed by atoms with Crippen LogP contribution in [0.2, 0.25) is 0 Å². The second-order valence-corrected chi connectivity index (χ2v) is 8.90. The summed E-state index contributed by atoms with van der Waals surface area (Å²) in [7, 11) is 0. The van der Waals surface area contributed by atoms with Crippen molar-refractivity contribution in [1.82, 2.24) is 10.6 Å². The van der Waals surface area contributed by atoms with E-state index in [0.29, 0.717) is 65.6 Å². The number of carboxylic acids is 2. The van der Waals surface area contributed by atoms with Crippen LogP contribution in [0, 0.1) is 0 Å². The molecule has 0 spiro atoms. The maximum atomic E-state index is 11.9. The first-order valence-corrected chi connectivity index (χ1v) is 12.2. The Hall–Kier alpha value is -3.42. The van der Waals surface area contributed by atoms with Gasteiger partial charge in [-0.1, -0.05) is 6.07 Å². The lowest BCUT2D eigenvalue weighted by molar-refractivity contribution is -0.123. The van der Waals surface area contributed by atoms with E-state index in [1.807, 2.05) is 0 Å². The van der Waals surface area contributed by atoms with Crippen LogP contribution in [-0.4, -0.2) is 99.1 Å². The van der Waals surface area contributed by atoms with Crippen molar-refractivity contribution >= 4 is 23.9 Å². The van der Waals surface area contributed by atoms with E-state index in [2.05, 4.69) is 10.6 Å². The molecule has 1 aromatic rings. The second kappa shape index (κ2) is 17.9. The van der Waals surface area contributed by atoms with Crippen molar-refractivity contribution in [1.29, 1.82) is 0 Å². The van der Waals surface area contributed by atoms with E-state index in [0.717, 1.165) is 6.07 Å². The predicted octanol–water partition coefficient (Wildman–Crippen LogP) is 1.93. The van der Waals surface area contributed by atoms with Gasteiger partial charge in [0.1, 0.15) is 16.9 Å². The van der Waals surface area contributed by atoms with Crippen LogP contribution in [0.3, 0.4) is 0 Å². The lowest BCUT2D eigenvalue weighted by atomic mass is 10.1. The van der Waals surface area contributed by atoms with E-state index in [1.165, 1.54) is 12.1 Å². The van der Waals surface area contributed by atoms with Crippen molar-refractivity contribution < 1.29 is 53.1 Å². The van der Waals surface area contributed by atoms with E-state index in [1.54, 1.807) is 20.8 Å². The number of carboxylic acid groups (broad SMARTS) is 2. The zero-order valence-electron chi connectivity index (χ0n) is 22.1. The van der Waals surface area contributed by atoms with Crippen LogP contribution in [0.5, 0.6) is 5.75 Å². The molecule has 13 heteroatoms. The summed E-state index contributed by atoms with van der Waals surface area (Å²) in [5.74, 6) is -3.54. The van der Waals surface area contributed by atoms with Crippen LogP contribution >= 0.6 is 0 Å². The van der Waals surface area contributed by atoms with Gasteiger partial charge >= 0.3 is 18.0 Å². The van der Waals surface area contributed by atoms with Crippen LogP contribution in [0.4, 0.5) is 4.79 Å². The summed E-state index contributed by atoms with van der Waals surface area (Å²) in [6.07, 6.45) is 0.752. The van der Waals surface area contributed by atoms with Crippen molar-refractivity contribution in [2.24, 2.45) is 0 Å². The average Bonchev–Trinajstić information content (AvgIpc) is 2.83. The highest BCUT2D eigenvalue weighted by Gasteiger charge is 2.21. The zero-order chi connectivity index (χ0) is 28.4. The number of carbonyl (C=O) groups excluding carboxylic acids is 2. The van der Waals surface area contributed by atoms with Crippen molar-refractivity contribution in [2.45, 2.75) is 39.2 Å². The molecule has 0 saturated carbocycles. The minimum Gasteiger partial charge on any atom is -0.483 e. The number of hydrogen-bond acceptors (Lipinski definition) is 9. The molecule has 0 saturated heterocycles. The molecule has 1 aromatic carbocycles. The smallest absolute Gasteiger partial charge is 0.407 e. The molecule has 0 aromatic heterocycles. The fourth-order valence-corrected chi connectivity index (χ4v) is 2.87. The Bertz CT molecular complexity index is 900.